The zero-order valence-electron chi connectivity index (χ0n) is 28.0. The molecule has 1 saturated carbocycles. The van der Waals surface area contributed by atoms with E-state index in [2.05, 4.69) is 42.7 Å². The minimum atomic E-state index is -0.568. The molecule has 1 amide bonds. The number of rotatable bonds is 13. The zero-order chi connectivity index (χ0) is 33.1. The molecule has 3 aromatic rings. The lowest BCUT2D eigenvalue weighted by atomic mass is 9.60. The van der Waals surface area contributed by atoms with Crippen molar-refractivity contribution in [2.24, 2.45) is 22.2 Å². The van der Waals surface area contributed by atoms with Crippen molar-refractivity contribution in [2.45, 2.75) is 91.5 Å². The van der Waals surface area contributed by atoms with Gasteiger partial charge in [0.15, 0.2) is 0 Å². The van der Waals surface area contributed by atoms with E-state index in [1.54, 1.807) is 4.90 Å². The first-order valence-electron chi connectivity index (χ1n) is 16.9. The highest BCUT2D eigenvalue weighted by Crippen LogP contribution is 2.50. The number of H-pyrrole nitrogens is 1. The topological polar surface area (TPSA) is 114 Å². The van der Waals surface area contributed by atoms with Gasteiger partial charge < -0.3 is 15.3 Å². The van der Waals surface area contributed by atoms with E-state index in [1.807, 2.05) is 32.3 Å². The molecule has 2 aliphatic rings. The fraction of sp³-hybridized carbons (Fsp3) is 0.541. The third-order valence-corrected chi connectivity index (χ3v) is 10.6. The van der Waals surface area contributed by atoms with Crippen LogP contribution in [-0.2, 0) is 5.54 Å². The lowest BCUT2D eigenvalue weighted by Crippen LogP contribution is -2.53. The van der Waals surface area contributed by atoms with Crippen LogP contribution in [0.3, 0.4) is 0 Å². The molecule has 46 heavy (non-hydrogen) atoms. The summed E-state index contributed by atoms with van der Waals surface area (Å²) >= 11 is 0. The summed E-state index contributed by atoms with van der Waals surface area (Å²) in [5, 5.41) is 24.1. The number of nitrogens with one attached hydrogen (secondary N) is 2. The van der Waals surface area contributed by atoms with Crippen LogP contribution < -0.4 is 10.7 Å². The number of aromatic nitrogens is 3. The minimum absolute atomic E-state index is 0.0799. The summed E-state index contributed by atoms with van der Waals surface area (Å²) in [6, 6.07) is 7.90. The molecule has 2 unspecified atom stereocenters. The molecule has 244 valence electrons. The van der Waals surface area contributed by atoms with E-state index < -0.39 is 11.4 Å². The van der Waals surface area contributed by atoms with Crippen LogP contribution in [0.4, 0.5) is 4.39 Å². The van der Waals surface area contributed by atoms with Gasteiger partial charge in [-0.25, -0.2) is 4.39 Å². The number of hydrogen-bond acceptors (Lipinski definition) is 5. The second-order valence-electron chi connectivity index (χ2n) is 13.8. The quantitative estimate of drug-likeness (QED) is 0.215. The maximum atomic E-state index is 14.1. The molecular formula is C37H48FN7O. The van der Waals surface area contributed by atoms with Gasteiger partial charge in [-0.2, -0.15) is 10.4 Å². The van der Waals surface area contributed by atoms with E-state index in [0.29, 0.717) is 30.6 Å². The number of fused-ring (bicyclic) bond motifs is 1. The van der Waals surface area contributed by atoms with Gasteiger partial charge in [-0.05, 0) is 99.0 Å². The summed E-state index contributed by atoms with van der Waals surface area (Å²) in [6.45, 7) is 12.7. The Morgan fingerprint density at radius 1 is 1.26 bits per heavy atom. The van der Waals surface area contributed by atoms with Gasteiger partial charge in [0.05, 0.1) is 17.8 Å². The Hall–Kier alpha value is -4.06. The largest absolute Gasteiger partial charge is 0.346 e. The maximum Gasteiger partial charge on any atom is 0.254 e. The molecule has 0 radical (unpaired) electrons. The Morgan fingerprint density at radius 2 is 2.04 bits per heavy atom. The van der Waals surface area contributed by atoms with Crippen molar-refractivity contribution in [2.75, 3.05) is 19.6 Å². The Bertz CT molecular complexity index is 1740. The third kappa shape index (κ3) is 6.58. The highest BCUT2D eigenvalue weighted by Gasteiger charge is 2.50. The Labute approximate surface area is 271 Å². The van der Waals surface area contributed by atoms with Gasteiger partial charge in [0.1, 0.15) is 16.8 Å². The van der Waals surface area contributed by atoms with Gasteiger partial charge in [0, 0.05) is 54.1 Å². The van der Waals surface area contributed by atoms with Crippen LogP contribution in [-0.4, -0.2) is 50.9 Å². The zero-order valence-corrected chi connectivity index (χ0v) is 28.0. The predicted molar refractivity (Wildman–Crippen MR) is 179 cm³/mol. The molecule has 1 fully saturated rings. The van der Waals surface area contributed by atoms with Crippen molar-refractivity contribution in [3.8, 4) is 6.07 Å². The number of aromatic amines is 1. The summed E-state index contributed by atoms with van der Waals surface area (Å²) in [4.78, 5) is 23.3. The standard InChI is InChI=1S/C37H48FN7O/c1-6-13-44(35(46)28-15-26(21-39)16-31(38)17-28)14-9-10-27(7-2)29-18-37(19-29,25(4)40)45-23-30(22-43-45)33-20-36(5,8-3)24-42-34-32(33)11-12-41-34/h11-12,15-17,22-23,27,29,40H,6-10,13-14,18-20,24H2,1-5H3,(H,41,42). The Morgan fingerprint density at radius 3 is 2.72 bits per heavy atom. The SMILES string of the molecule is CCCN(CCCC(CC)C1CC(C(C)=N)(n2cc(C3=c4cc[nH]c4=NCC(C)(CC)C3)cn2)C1)C(=O)c1cc(F)cc(C#N)c1. The van der Waals surface area contributed by atoms with Crippen molar-refractivity contribution < 1.29 is 9.18 Å². The average Bonchev–Trinajstić information content (AvgIpc) is 3.68. The molecule has 0 bridgehead atoms. The van der Waals surface area contributed by atoms with Gasteiger partial charge >= 0.3 is 0 Å². The first kappa shape index (κ1) is 33.3. The van der Waals surface area contributed by atoms with Gasteiger partial charge in [0.25, 0.3) is 5.91 Å². The maximum absolute atomic E-state index is 14.1. The number of halogens is 1. The van der Waals surface area contributed by atoms with Crippen molar-refractivity contribution in [3.05, 3.63) is 76.1 Å². The first-order valence-corrected chi connectivity index (χ1v) is 16.9. The molecule has 3 heterocycles. The van der Waals surface area contributed by atoms with Crippen LogP contribution in [0.1, 0.15) is 107 Å². The number of nitriles is 1. The van der Waals surface area contributed by atoms with Gasteiger partial charge in [-0.15, -0.1) is 0 Å². The molecule has 2 N–H and O–H groups in total. The number of hydrogen-bond donors (Lipinski definition) is 2. The van der Waals surface area contributed by atoms with E-state index in [1.165, 1.54) is 17.7 Å². The third-order valence-electron chi connectivity index (χ3n) is 10.6. The number of carbonyl (C=O) groups excluding carboxylic acids is 1. The summed E-state index contributed by atoms with van der Waals surface area (Å²) < 4.78 is 16.1. The number of benzene rings is 1. The summed E-state index contributed by atoms with van der Waals surface area (Å²) in [7, 11) is 0. The normalized spacial score (nSPS) is 23.0. The van der Waals surface area contributed by atoms with Crippen molar-refractivity contribution in [1.29, 1.82) is 10.7 Å². The first-order chi connectivity index (χ1) is 22.1. The molecule has 9 heteroatoms. The lowest BCUT2D eigenvalue weighted by molar-refractivity contribution is 0.0611. The van der Waals surface area contributed by atoms with Gasteiger partial charge in [-0.1, -0.05) is 34.1 Å². The van der Waals surface area contributed by atoms with Crippen LogP contribution in [0.25, 0.3) is 5.57 Å². The summed E-state index contributed by atoms with van der Waals surface area (Å²) in [6.07, 6.45) is 13.5. The van der Waals surface area contributed by atoms with Crippen LogP contribution in [0.2, 0.25) is 0 Å². The molecule has 2 aromatic heterocycles. The van der Waals surface area contributed by atoms with E-state index in [4.69, 9.17) is 15.5 Å². The van der Waals surface area contributed by atoms with Crippen LogP contribution in [0.5, 0.6) is 0 Å². The van der Waals surface area contributed by atoms with Gasteiger partial charge in [0.2, 0.25) is 0 Å². The number of amides is 1. The van der Waals surface area contributed by atoms with E-state index in [9.17, 15) is 14.4 Å². The van der Waals surface area contributed by atoms with E-state index in [0.717, 1.165) is 80.2 Å². The molecule has 1 aliphatic heterocycles. The minimum Gasteiger partial charge on any atom is -0.346 e. The number of carbonyl (C=O) groups is 1. The fourth-order valence-electron chi connectivity index (χ4n) is 7.46. The highest BCUT2D eigenvalue weighted by atomic mass is 19.1. The fourth-order valence-corrected chi connectivity index (χ4v) is 7.46. The highest BCUT2D eigenvalue weighted by molar-refractivity contribution is 5.94. The second kappa shape index (κ2) is 13.7. The molecule has 8 nitrogen and oxygen atoms in total. The van der Waals surface area contributed by atoms with Crippen molar-refractivity contribution in [3.63, 3.8) is 0 Å². The lowest BCUT2D eigenvalue weighted by Gasteiger charge is -2.50. The molecule has 1 aromatic carbocycles. The van der Waals surface area contributed by atoms with Crippen molar-refractivity contribution in [1.82, 2.24) is 19.7 Å². The van der Waals surface area contributed by atoms with Gasteiger partial charge in [-0.3, -0.25) is 14.5 Å². The van der Waals surface area contributed by atoms with E-state index in [-0.39, 0.29) is 22.4 Å². The van der Waals surface area contributed by atoms with Crippen LogP contribution in [0.15, 0.2) is 47.8 Å². The van der Waals surface area contributed by atoms with E-state index >= 15 is 0 Å². The molecule has 1 aliphatic carbocycles. The predicted octanol–water partition coefficient (Wildman–Crippen LogP) is 6.36. The second-order valence-corrected chi connectivity index (χ2v) is 13.8. The van der Waals surface area contributed by atoms with Crippen LogP contribution in [0, 0.1) is 39.8 Å². The average molecular weight is 626 g/mol. The molecule has 5 rings (SSSR count). The Balaban J connectivity index is 1.27. The molecule has 0 saturated heterocycles. The van der Waals surface area contributed by atoms with Crippen molar-refractivity contribution >= 4 is 17.2 Å². The molecule has 0 spiro atoms. The van der Waals surface area contributed by atoms with Crippen LogP contribution >= 0.6 is 0 Å². The molecular weight excluding hydrogens is 577 g/mol. The molecule has 2 atom stereocenters. The number of nitrogens with zero attached hydrogens (tertiary/aromatic N) is 5. The monoisotopic (exact) mass is 625 g/mol. The smallest absolute Gasteiger partial charge is 0.254 e. The summed E-state index contributed by atoms with van der Waals surface area (Å²) in [5.74, 6) is 0.152. The Kier molecular flexibility index (Phi) is 9.95. The summed E-state index contributed by atoms with van der Waals surface area (Å²) in [5.41, 5.74) is 4.00.